The van der Waals surface area contributed by atoms with Crippen LogP contribution >= 0.6 is 15.9 Å². The fourth-order valence-electron chi connectivity index (χ4n) is 1.26. The number of anilines is 1. The van der Waals surface area contributed by atoms with Gasteiger partial charge in [0.2, 0.25) is 0 Å². The van der Waals surface area contributed by atoms with E-state index in [1.807, 2.05) is 0 Å². The topological polar surface area (TPSA) is 35.2 Å². The monoisotopic (exact) mass is 299 g/mol. The molecule has 0 aliphatic carbocycles. The lowest BCUT2D eigenvalue weighted by Gasteiger charge is -2.09. The molecule has 0 radical (unpaired) electrons. The molecule has 2 aromatic rings. The average molecular weight is 300 g/mol. The van der Waals surface area contributed by atoms with Crippen LogP contribution in [0.15, 0.2) is 40.9 Å². The first kappa shape index (κ1) is 11.9. The molecule has 17 heavy (non-hydrogen) atoms. The zero-order valence-corrected chi connectivity index (χ0v) is 10.2. The minimum absolute atomic E-state index is 0.192. The number of hydrogen-bond donors (Lipinski definition) is 1. The molecule has 0 heterocycles. The average Bonchev–Trinajstić information content (AvgIpc) is 2.29. The van der Waals surface area contributed by atoms with Crippen LogP contribution in [0.1, 0.15) is 0 Å². The van der Waals surface area contributed by atoms with Crippen molar-refractivity contribution in [3.05, 3.63) is 52.5 Å². The summed E-state index contributed by atoms with van der Waals surface area (Å²) in [5.74, 6) is -0.263. The van der Waals surface area contributed by atoms with E-state index in [0.717, 1.165) is 0 Å². The third-order valence-corrected chi connectivity index (χ3v) is 2.70. The second-order valence-corrected chi connectivity index (χ2v) is 4.21. The van der Waals surface area contributed by atoms with Crippen LogP contribution in [0.25, 0.3) is 0 Å². The predicted molar refractivity (Wildman–Crippen MR) is 65.0 cm³/mol. The normalized spacial score (nSPS) is 10.3. The predicted octanol–water partition coefficient (Wildman–Crippen LogP) is 4.10. The van der Waals surface area contributed by atoms with E-state index in [0.29, 0.717) is 11.4 Å². The Morgan fingerprint density at radius 2 is 1.71 bits per heavy atom. The number of ether oxygens (including phenoxy) is 1. The summed E-state index contributed by atoms with van der Waals surface area (Å²) in [5, 5.41) is 0. The van der Waals surface area contributed by atoms with Crippen molar-refractivity contribution in [2.45, 2.75) is 0 Å². The van der Waals surface area contributed by atoms with Gasteiger partial charge in [-0.3, -0.25) is 0 Å². The van der Waals surface area contributed by atoms with Crippen molar-refractivity contribution < 1.29 is 13.5 Å². The van der Waals surface area contributed by atoms with Crippen LogP contribution < -0.4 is 10.5 Å². The van der Waals surface area contributed by atoms with Gasteiger partial charge in [0.1, 0.15) is 17.4 Å². The number of benzene rings is 2. The van der Waals surface area contributed by atoms with Crippen LogP contribution in [0, 0.1) is 11.6 Å². The molecule has 88 valence electrons. The van der Waals surface area contributed by atoms with Gasteiger partial charge >= 0.3 is 0 Å². The molecule has 0 fully saturated rings. The van der Waals surface area contributed by atoms with Gasteiger partial charge in [0.15, 0.2) is 5.75 Å². The molecule has 2 aromatic carbocycles. The van der Waals surface area contributed by atoms with Crippen molar-refractivity contribution in [1.29, 1.82) is 0 Å². The van der Waals surface area contributed by atoms with Crippen LogP contribution in [0.2, 0.25) is 0 Å². The Balaban J connectivity index is 2.30. The van der Waals surface area contributed by atoms with Crippen LogP contribution in [-0.4, -0.2) is 0 Å². The fraction of sp³-hybridized carbons (Fsp3) is 0. The minimum Gasteiger partial charge on any atom is -0.455 e. The van der Waals surface area contributed by atoms with Gasteiger partial charge in [0.05, 0.1) is 10.2 Å². The molecule has 0 aliphatic rings. The number of hydrogen-bond acceptors (Lipinski definition) is 2. The van der Waals surface area contributed by atoms with Gasteiger partial charge in [0, 0.05) is 6.07 Å². The second-order valence-electron chi connectivity index (χ2n) is 3.36. The highest BCUT2D eigenvalue weighted by Crippen LogP contribution is 2.31. The Morgan fingerprint density at radius 1 is 1.06 bits per heavy atom. The smallest absolute Gasteiger partial charge is 0.153 e. The van der Waals surface area contributed by atoms with Crippen LogP contribution in [0.4, 0.5) is 14.5 Å². The van der Waals surface area contributed by atoms with E-state index in [-0.39, 0.29) is 16.0 Å². The summed E-state index contributed by atoms with van der Waals surface area (Å²) in [4.78, 5) is 0. The van der Waals surface area contributed by atoms with E-state index in [1.165, 1.54) is 36.4 Å². The van der Waals surface area contributed by atoms with Crippen LogP contribution in [0.3, 0.4) is 0 Å². The van der Waals surface area contributed by atoms with Gasteiger partial charge in [-0.2, -0.15) is 0 Å². The highest BCUT2D eigenvalue weighted by Gasteiger charge is 2.08. The van der Waals surface area contributed by atoms with Crippen molar-refractivity contribution >= 4 is 21.6 Å². The van der Waals surface area contributed by atoms with Crippen molar-refractivity contribution in [3.8, 4) is 11.5 Å². The fourth-order valence-corrected chi connectivity index (χ4v) is 1.62. The Bertz CT molecular complexity index is 543. The van der Waals surface area contributed by atoms with Crippen molar-refractivity contribution in [3.63, 3.8) is 0 Å². The molecule has 0 saturated carbocycles. The minimum atomic E-state index is -0.476. The van der Waals surface area contributed by atoms with Gasteiger partial charge in [0.25, 0.3) is 0 Å². The second kappa shape index (κ2) is 4.71. The summed E-state index contributed by atoms with van der Waals surface area (Å²) >= 11 is 3.02. The van der Waals surface area contributed by atoms with Gasteiger partial charge in [-0.25, -0.2) is 8.78 Å². The summed E-state index contributed by atoms with van der Waals surface area (Å²) in [6, 6.07) is 7.96. The molecule has 0 amide bonds. The van der Waals surface area contributed by atoms with Crippen molar-refractivity contribution in [2.24, 2.45) is 0 Å². The number of nitrogens with two attached hydrogens (primary N) is 1. The van der Waals surface area contributed by atoms with Crippen molar-refractivity contribution in [2.75, 3.05) is 5.73 Å². The van der Waals surface area contributed by atoms with Gasteiger partial charge in [-0.05, 0) is 46.3 Å². The Hall–Kier alpha value is -1.62. The maximum atomic E-state index is 13.3. The van der Waals surface area contributed by atoms with Crippen molar-refractivity contribution in [1.82, 2.24) is 0 Å². The lowest BCUT2D eigenvalue weighted by molar-refractivity contribution is 0.476. The highest BCUT2D eigenvalue weighted by molar-refractivity contribution is 9.10. The third-order valence-electron chi connectivity index (χ3n) is 2.09. The lowest BCUT2D eigenvalue weighted by atomic mass is 10.3. The first-order valence-corrected chi connectivity index (χ1v) is 5.53. The van der Waals surface area contributed by atoms with Gasteiger partial charge in [-0.1, -0.05) is 0 Å². The molecule has 2 nitrogen and oxygen atoms in total. The molecule has 2 rings (SSSR count). The van der Waals surface area contributed by atoms with E-state index in [4.69, 9.17) is 10.5 Å². The van der Waals surface area contributed by atoms with E-state index in [9.17, 15) is 8.78 Å². The number of nitrogen functional groups attached to an aromatic ring is 1. The SMILES string of the molecule is Nc1cc(Br)c(F)cc1Oc1ccc(F)cc1. The van der Waals surface area contributed by atoms with Crippen LogP contribution in [0.5, 0.6) is 11.5 Å². The standard InChI is InChI=1S/C12H8BrF2NO/c13-9-5-11(16)12(6-10(9)15)17-8-3-1-7(14)2-4-8/h1-6H,16H2. The van der Waals surface area contributed by atoms with E-state index >= 15 is 0 Å². The van der Waals surface area contributed by atoms with Gasteiger partial charge < -0.3 is 10.5 Å². The van der Waals surface area contributed by atoms with Gasteiger partial charge in [-0.15, -0.1) is 0 Å². The lowest BCUT2D eigenvalue weighted by Crippen LogP contribution is -1.94. The third kappa shape index (κ3) is 2.74. The molecule has 0 atom stereocenters. The van der Waals surface area contributed by atoms with E-state index in [2.05, 4.69) is 15.9 Å². The van der Waals surface area contributed by atoms with E-state index < -0.39 is 5.82 Å². The largest absolute Gasteiger partial charge is 0.455 e. The summed E-state index contributed by atoms with van der Waals surface area (Å²) < 4.78 is 31.6. The Morgan fingerprint density at radius 3 is 2.35 bits per heavy atom. The molecular weight excluding hydrogens is 292 g/mol. The molecule has 0 spiro atoms. The zero-order valence-electron chi connectivity index (χ0n) is 8.58. The summed E-state index contributed by atoms with van der Waals surface area (Å²) in [7, 11) is 0. The molecule has 0 bridgehead atoms. The molecule has 5 heteroatoms. The van der Waals surface area contributed by atoms with E-state index in [1.54, 1.807) is 0 Å². The molecule has 0 saturated heterocycles. The maximum absolute atomic E-state index is 13.3. The molecule has 0 unspecified atom stereocenters. The Kier molecular flexibility index (Phi) is 3.28. The molecule has 2 N–H and O–H groups in total. The first-order chi connectivity index (χ1) is 8.06. The quantitative estimate of drug-likeness (QED) is 0.847. The number of halogens is 3. The molecule has 0 aliphatic heterocycles. The summed E-state index contributed by atoms with van der Waals surface area (Å²) in [6.45, 7) is 0. The Labute approximate surface area is 105 Å². The zero-order chi connectivity index (χ0) is 12.4. The summed E-state index contributed by atoms with van der Waals surface area (Å²) in [5.41, 5.74) is 5.97. The highest BCUT2D eigenvalue weighted by atomic mass is 79.9. The first-order valence-electron chi connectivity index (χ1n) is 4.74. The maximum Gasteiger partial charge on any atom is 0.153 e. The number of rotatable bonds is 2. The summed E-state index contributed by atoms with van der Waals surface area (Å²) in [6.07, 6.45) is 0. The molecule has 0 aromatic heterocycles. The van der Waals surface area contributed by atoms with Crippen LogP contribution in [-0.2, 0) is 0 Å². The molecular formula is C12H8BrF2NO.